The van der Waals surface area contributed by atoms with Gasteiger partial charge in [0, 0.05) is 65.0 Å². The number of hydrogen-bond donors (Lipinski definition) is 2. The van der Waals surface area contributed by atoms with Crippen LogP contribution in [-0.2, 0) is 40.4 Å². The van der Waals surface area contributed by atoms with Crippen molar-refractivity contribution in [2.24, 2.45) is 11.3 Å². The topological polar surface area (TPSA) is 130 Å². The van der Waals surface area contributed by atoms with Gasteiger partial charge in [0.05, 0.1) is 11.2 Å². The van der Waals surface area contributed by atoms with E-state index in [1.807, 2.05) is 29.1 Å². The summed E-state index contributed by atoms with van der Waals surface area (Å²) in [6, 6.07) is 5.07. The van der Waals surface area contributed by atoms with Gasteiger partial charge in [-0.15, -0.1) is 0 Å². The van der Waals surface area contributed by atoms with Gasteiger partial charge in [-0.2, -0.15) is 5.10 Å². The fourth-order valence-corrected chi connectivity index (χ4v) is 7.84. The number of amides is 4. The summed E-state index contributed by atoms with van der Waals surface area (Å²) in [4.78, 5) is 58.7. The Labute approximate surface area is 280 Å². The van der Waals surface area contributed by atoms with Crippen molar-refractivity contribution >= 4 is 57.0 Å². The lowest BCUT2D eigenvalue weighted by Crippen LogP contribution is -2.52. The van der Waals surface area contributed by atoms with Gasteiger partial charge >= 0.3 is 0 Å². The third kappa shape index (κ3) is 5.86. The fraction of sp³-hybridized carbons (Fsp3) is 0.455. The number of likely N-dealkylation sites (tertiary alicyclic amines) is 1. The number of imide groups is 1. The van der Waals surface area contributed by atoms with E-state index in [-0.39, 0.29) is 35.5 Å². The second-order valence-electron chi connectivity index (χ2n) is 13.6. The van der Waals surface area contributed by atoms with E-state index in [9.17, 15) is 19.2 Å². The minimum Gasteiger partial charge on any atom is -0.322 e. The number of carbonyl (C=O) groups excluding carboxylic acids is 4. The molecular formula is C33H35BrClN7O4. The van der Waals surface area contributed by atoms with Gasteiger partial charge in [-0.3, -0.25) is 34.1 Å². The van der Waals surface area contributed by atoms with Crippen LogP contribution in [-0.4, -0.2) is 67.3 Å². The van der Waals surface area contributed by atoms with Crippen LogP contribution >= 0.6 is 27.5 Å². The first-order chi connectivity index (χ1) is 22.0. The molecule has 0 aliphatic carbocycles. The molecule has 13 heteroatoms. The summed E-state index contributed by atoms with van der Waals surface area (Å²) in [6.45, 7) is 7.82. The highest BCUT2D eigenvalue weighted by Crippen LogP contribution is 2.39. The average Bonchev–Trinajstić information content (AvgIpc) is 3.63. The zero-order valence-corrected chi connectivity index (χ0v) is 28.1. The molecule has 4 aliphatic rings. The summed E-state index contributed by atoms with van der Waals surface area (Å²) in [5.74, 6) is -0.614. The van der Waals surface area contributed by atoms with Crippen molar-refractivity contribution in [3.63, 3.8) is 0 Å². The highest BCUT2D eigenvalue weighted by atomic mass is 79.9. The first-order valence-corrected chi connectivity index (χ1v) is 16.8. The summed E-state index contributed by atoms with van der Waals surface area (Å²) >= 11 is 10.2. The van der Waals surface area contributed by atoms with Gasteiger partial charge in [-0.05, 0) is 67.4 Å². The third-order valence-corrected chi connectivity index (χ3v) is 10.7. The maximum absolute atomic E-state index is 13.3. The van der Waals surface area contributed by atoms with Crippen molar-refractivity contribution in [3.05, 3.63) is 62.5 Å². The molecule has 0 saturated carbocycles. The van der Waals surface area contributed by atoms with Crippen LogP contribution < -0.4 is 10.6 Å². The Balaban J connectivity index is 0.963. The second kappa shape index (κ2) is 11.9. The summed E-state index contributed by atoms with van der Waals surface area (Å²) < 4.78 is 2.87. The van der Waals surface area contributed by atoms with Crippen LogP contribution in [0.5, 0.6) is 0 Å². The largest absolute Gasteiger partial charge is 0.322 e. The lowest BCUT2D eigenvalue weighted by molar-refractivity contribution is -0.137. The van der Waals surface area contributed by atoms with E-state index in [0.717, 1.165) is 58.5 Å². The number of benzene rings is 1. The number of piperidine rings is 2. The third-order valence-electron chi connectivity index (χ3n) is 9.61. The highest BCUT2D eigenvalue weighted by Gasteiger charge is 2.39. The Hall–Kier alpha value is -3.61. The van der Waals surface area contributed by atoms with E-state index in [2.05, 4.69) is 55.4 Å². The highest BCUT2D eigenvalue weighted by molar-refractivity contribution is 9.10. The lowest BCUT2D eigenvalue weighted by atomic mass is 9.89. The minimum atomic E-state index is -0.640. The predicted octanol–water partition coefficient (Wildman–Crippen LogP) is 4.56. The molecule has 0 spiro atoms. The first kappa shape index (κ1) is 31.0. The number of anilines is 1. The quantitative estimate of drug-likeness (QED) is 0.360. The molecule has 1 atom stereocenters. The molecular weight excluding hydrogens is 674 g/mol. The van der Waals surface area contributed by atoms with Crippen LogP contribution in [0, 0.1) is 11.3 Å². The Morgan fingerprint density at radius 2 is 1.87 bits per heavy atom. The molecule has 2 saturated heterocycles. The molecule has 2 N–H and O–H groups in total. The van der Waals surface area contributed by atoms with Crippen LogP contribution in [0.15, 0.2) is 35.1 Å². The molecule has 0 bridgehead atoms. The van der Waals surface area contributed by atoms with Gasteiger partial charge in [0.25, 0.3) is 5.91 Å². The molecule has 2 fully saturated rings. The van der Waals surface area contributed by atoms with Crippen LogP contribution in [0.4, 0.5) is 5.82 Å². The molecule has 4 amide bonds. The number of halogens is 2. The Morgan fingerprint density at radius 3 is 2.63 bits per heavy atom. The zero-order valence-electron chi connectivity index (χ0n) is 25.7. The number of aromatic nitrogens is 3. The first-order valence-electron chi connectivity index (χ1n) is 15.7. The maximum Gasteiger partial charge on any atom is 0.255 e. The van der Waals surface area contributed by atoms with Crippen molar-refractivity contribution in [2.75, 3.05) is 18.4 Å². The van der Waals surface area contributed by atoms with Crippen LogP contribution in [0.3, 0.4) is 0 Å². The summed E-state index contributed by atoms with van der Waals surface area (Å²) in [5, 5.41) is 10.5. The fourth-order valence-electron chi connectivity index (χ4n) is 7.17. The minimum absolute atomic E-state index is 0.0486. The van der Waals surface area contributed by atoms with E-state index in [0.29, 0.717) is 48.8 Å². The number of hydrogen-bond acceptors (Lipinski definition) is 7. The Kier molecular flexibility index (Phi) is 8.01. The van der Waals surface area contributed by atoms with E-state index in [1.54, 1.807) is 11.1 Å². The molecule has 0 radical (unpaired) electrons. The predicted molar refractivity (Wildman–Crippen MR) is 175 cm³/mol. The summed E-state index contributed by atoms with van der Waals surface area (Å²) in [5.41, 5.74) is 5.59. The van der Waals surface area contributed by atoms with Gasteiger partial charge in [0.1, 0.15) is 11.9 Å². The molecule has 3 aromatic rings. The van der Waals surface area contributed by atoms with Crippen molar-refractivity contribution in [3.8, 4) is 11.1 Å². The van der Waals surface area contributed by atoms with Gasteiger partial charge in [-0.25, -0.2) is 4.98 Å². The molecule has 11 nitrogen and oxygen atoms in total. The Morgan fingerprint density at radius 1 is 1.09 bits per heavy atom. The maximum atomic E-state index is 13.3. The van der Waals surface area contributed by atoms with Crippen molar-refractivity contribution in [1.82, 2.24) is 29.9 Å². The number of nitrogens with zero attached hydrogens (tertiary/aromatic N) is 5. The van der Waals surface area contributed by atoms with Gasteiger partial charge in [0.2, 0.25) is 17.7 Å². The summed E-state index contributed by atoms with van der Waals surface area (Å²) in [7, 11) is 0. The number of fused-ring (bicyclic) bond motifs is 2. The molecule has 7 rings (SSSR count). The smallest absolute Gasteiger partial charge is 0.255 e. The van der Waals surface area contributed by atoms with Crippen LogP contribution in [0.2, 0.25) is 5.02 Å². The van der Waals surface area contributed by atoms with E-state index in [1.165, 1.54) is 0 Å². The normalized spacial score (nSPS) is 21.3. The number of carbonyl (C=O) groups is 4. The van der Waals surface area contributed by atoms with E-state index < -0.39 is 11.9 Å². The van der Waals surface area contributed by atoms with E-state index >= 15 is 0 Å². The lowest BCUT2D eigenvalue weighted by Gasteiger charge is -2.31. The standard InChI is InChI=1S/C33H35BrClN7O4/c1-33(2)12-27-23(13-37-42(27)17-33)22-11-28(36-14-25(22)35)38-30(44)18-5-7-40(8-6-18)15-20-9-19-16-41(32(46)21(19)10-24(20)34)26-3-4-29(43)39-31(26)45/h9-11,13-14,18,26H,3-8,12,15-17H2,1-2H3,(H,36,38,44)(H,39,43,45). The van der Waals surface area contributed by atoms with Crippen LogP contribution in [0.1, 0.15) is 66.7 Å². The van der Waals surface area contributed by atoms with Crippen molar-refractivity contribution in [1.29, 1.82) is 0 Å². The van der Waals surface area contributed by atoms with Gasteiger partial charge in [0.15, 0.2) is 0 Å². The monoisotopic (exact) mass is 707 g/mol. The van der Waals surface area contributed by atoms with E-state index in [4.69, 9.17) is 11.6 Å². The molecule has 46 heavy (non-hydrogen) atoms. The van der Waals surface area contributed by atoms with Gasteiger partial charge < -0.3 is 10.2 Å². The second-order valence-corrected chi connectivity index (χ2v) is 14.9. The number of rotatable bonds is 6. The molecule has 1 unspecified atom stereocenters. The average molecular weight is 709 g/mol. The molecule has 1 aromatic carbocycles. The summed E-state index contributed by atoms with van der Waals surface area (Å²) in [6.07, 6.45) is 6.32. The number of pyridine rings is 1. The molecule has 4 aliphatic heterocycles. The molecule has 240 valence electrons. The van der Waals surface area contributed by atoms with Gasteiger partial charge in [-0.1, -0.05) is 47.4 Å². The van der Waals surface area contributed by atoms with Crippen molar-refractivity contribution < 1.29 is 19.2 Å². The number of nitrogens with one attached hydrogen (secondary N) is 2. The Bertz CT molecular complexity index is 1780. The molecule has 2 aromatic heterocycles. The SMILES string of the molecule is CC1(C)Cc2c(-c3cc(NC(=O)C4CCN(Cc5cc6c(cc5Br)C(=O)N(C5CCC(=O)NC5=O)C6)CC4)ncc3Cl)cnn2C1. The van der Waals surface area contributed by atoms with Crippen LogP contribution in [0.25, 0.3) is 11.1 Å². The van der Waals surface area contributed by atoms with Crippen molar-refractivity contribution in [2.45, 2.75) is 71.6 Å². The molecule has 6 heterocycles. The zero-order chi connectivity index (χ0) is 32.3.